The summed E-state index contributed by atoms with van der Waals surface area (Å²) in [4.78, 5) is 14.7. The number of hydrogen-bond acceptors (Lipinski definition) is 5. The minimum absolute atomic E-state index is 0.0643. The van der Waals surface area contributed by atoms with E-state index >= 15 is 4.21 Å². The minimum atomic E-state index is -3.82. The number of rotatable bonds is 9. The Morgan fingerprint density at radius 1 is 0.960 bits per heavy atom. The van der Waals surface area contributed by atoms with E-state index in [1.165, 1.54) is 17.3 Å². The molecule has 1 aliphatic heterocycles. The van der Waals surface area contributed by atoms with Gasteiger partial charge in [-0.2, -0.15) is 5.10 Å². The highest BCUT2D eigenvalue weighted by molar-refractivity contribution is 7.92. The number of amides is 2. The van der Waals surface area contributed by atoms with Gasteiger partial charge in [0, 0.05) is 18.7 Å². The van der Waals surface area contributed by atoms with Crippen LogP contribution in [0.15, 0.2) is 113 Å². The minimum Gasteiger partial charge on any atom is -0.475 e. The zero-order valence-electron chi connectivity index (χ0n) is 28.3. The fourth-order valence-electron chi connectivity index (χ4n) is 8.05. The van der Waals surface area contributed by atoms with Crippen molar-refractivity contribution in [1.82, 2.24) is 14.5 Å². The second kappa shape index (κ2) is 13.2. The number of methoxy groups -OCH3 is 1. The molecule has 2 aliphatic carbocycles. The van der Waals surface area contributed by atoms with Gasteiger partial charge in [0.2, 0.25) is 5.88 Å². The Hall–Kier alpha value is -4.77. The summed E-state index contributed by atoms with van der Waals surface area (Å²) in [6, 6.07) is 31.2. The van der Waals surface area contributed by atoms with Gasteiger partial charge in [0.1, 0.15) is 17.0 Å². The Morgan fingerprint density at radius 2 is 1.60 bits per heavy atom. The summed E-state index contributed by atoms with van der Waals surface area (Å²) in [7, 11) is -2.10. The number of benzene rings is 4. The highest BCUT2D eigenvalue weighted by Crippen LogP contribution is 2.45. The normalized spacial score (nSPS) is 18.8. The van der Waals surface area contributed by atoms with Gasteiger partial charge in [-0.1, -0.05) is 97.1 Å². The van der Waals surface area contributed by atoms with Gasteiger partial charge in [-0.25, -0.2) is 18.4 Å². The van der Waals surface area contributed by atoms with Gasteiger partial charge in [0.25, 0.3) is 0 Å². The third-order valence-corrected chi connectivity index (χ3v) is 12.2. The number of fused-ring (bicyclic) bond motifs is 3. The van der Waals surface area contributed by atoms with Gasteiger partial charge >= 0.3 is 6.03 Å². The number of nitrogens with zero attached hydrogens (tertiary/aromatic N) is 3. The fraction of sp³-hybridized carbons (Fsp3) is 0.300. The predicted molar refractivity (Wildman–Crippen MR) is 194 cm³/mol. The topological polar surface area (TPSA) is 107 Å². The van der Waals surface area contributed by atoms with Crippen molar-refractivity contribution < 1.29 is 18.5 Å². The molecule has 50 heavy (non-hydrogen) atoms. The van der Waals surface area contributed by atoms with Crippen LogP contribution in [0.5, 0.6) is 5.88 Å². The lowest BCUT2D eigenvalue weighted by Gasteiger charge is -2.37. The van der Waals surface area contributed by atoms with E-state index in [0.717, 1.165) is 65.6 Å². The Bertz CT molecular complexity index is 2060. The molecule has 2 heterocycles. The van der Waals surface area contributed by atoms with Crippen LogP contribution in [0.1, 0.15) is 70.7 Å². The lowest BCUT2D eigenvalue weighted by atomic mass is 9.78. The molecule has 0 spiro atoms. The van der Waals surface area contributed by atoms with E-state index in [1.54, 1.807) is 11.8 Å². The van der Waals surface area contributed by atoms with E-state index in [4.69, 9.17) is 9.47 Å². The first kappa shape index (κ1) is 32.4. The average Bonchev–Trinajstić information content (AvgIpc) is 3.95. The summed E-state index contributed by atoms with van der Waals surface area (Å²) in [6.07, 6.45) is 6.28. The van der Waals surface area contributed by atoms with E-state index in [9.17, 15) is 4.79 Å². The van der Waals surface area contributed by atoms with Crippen molar-refractivity contribution in [1.29, 1.82) is 0 Å². The molecule has 256 valence electrons. The number of ether oxygens (including phenoxy) is 2. The number of aryl methyl sites for hydroxylation is 2. The van der Waals surface area contributed by atoms with Crippen molar-refractivity contribution in [3.8, 4) is 5.88 Å². The molecule has 0 fully saturated rings. The van der Waals surface area contributed by atoms with Gasteiger partial charge in [0.15, 0.2) is 9.92 Å². The molecule has 1 aromatic heterocycles. The lowest BCUT2D eigenvalue weighted by molar-refractivity contribution is 0.179. The highest BCUT2D eigenvalue weighted by Gasteiger charge is 2.43. The number of anilines is 1. The molecular weight excluding hydrogens is 647 g/mol. The number of nitrogens with one attached hydrogen (secondary N) is 2. The SMILES string of the molecule is COC[C@H]1CCc2cc3c(c(NC(=O)N=S(=O)(NC(c4ccccc4)(c4ccccc4)c4ccccc4)c4cnn5c4OC[C@H]5C)c21)CCC3. The maximum Gasteiger partial charge on any atom is 0.354 e. The van der Waals surface area contributed by atoms with Crippen LogP contribution in [0, 0.1) is 0 Å². The van der Waals surface area contributed by atoms with Gasteiger partial charge in [-0.3, -0.25) is 0 Å². The van der Waals surface area contributed by atoms with E-state index in [-0.39, 0.29) is 16.9 Å². The van der Waals surface area contributed by atoms with Gasteiger partial charge < -0.3 is 14.8 Å². The summed E-state index contributed by atoms with van der Waals surface area (Å²) >= 11 is 0. The van der Waals surface area contributed by atoms with Crippen LogP contribution in [0.3, 0.4) is 0 Å². The van der Waals surface area contributed by atoms with E-state index in [1.807, 2.05) is 97.9 Å². The van der Waals surface area contributed by atoms with Gasteiger partial charge in [0.05, 0.1) is 18.8 Å². The number of aromatic nitrogens is 2. The molecule has 1 unspecified atom stereocenters. The molecule has 10 heteroatoms. The molecule has 0 saturated heterocycles. The van der Waals surface area contributed by atoms with E-state index in [2.05, 4.69) is 25.6 Å². The second-order valence-corrected chi connectivity index (χ2v) is 15.3. The van der Waals surface area contributed by atoms with Crippen LogP contribution < -0.4 is 14.8 Å². The Morgan fingerprint density at radius 3 is 2.22 bits per heavy atom. The van der Waals surface area contributed by atoms with Gasteiger partial charge in [-0.05, 0) is 78.0 Å². The molecule has 3 aliphatic rings. The van der Waals surface area contributed by atoms with Crippen molar-refractivity contribution >= 4 is 21.6 Å². The van der Waals surface area contributed by atoms with Crippen LogP contribution in [-0.4, -0.2) is 40.3 Å². The molecular formula is C40H41N5O4S. The molecule has 8 rings (SSSR count). The maximum atomic E-state index is 16.0. The molecule has 2 N–H and O–H groups in total. The summed E-state index contributed by atoms with van der Waals surface area (Å²) in [6.45, 7) is 2.93. The first-order valence-electron chi connectivity index (χ1n) is 17.3. The third-order valence-electron chi connectivity index (χ3n) is 10.3. The summed E-state index contributed by atoms with van der Waals surface area (Å²) in [5.74, 6) is 0.505. The van der Waals surface area contributed by atoms with Crippen molar-refractivity contribution in [2.45, 2.75) is 61.4 Å². The van der Waals surface area contributed by atoms with Gasteiger partial charge in [-0.15, -0.1) is 4.36 Å². The standard InChI is InChI=1S/C40H41N5O4S/c1-27-25-49-38-35(24-41-45(27)38)50(47,43-39(46)42-37-34-20-12-13-28(34)23-29-21-22-30(26-48-2)36(29)37)44-40(31-14-6-3-7-15-31,32-16-8-4-9-17-32)33-18-10-5-11-19-33/h3-11,14-19,23-24,27,30H,12-13,20-22,25-26H2,1-2H3,(H2,42,43,44,46,47)/t27-,30-,50?/m1/s1. The van der Waals surface area contributed by atoms with Crippen molar-refractivity contribution in [3.05, 3.63) is 142 Å². The lowest BCUT2D eigenvalue weighted by Crippen LogP contribution is -2.48. The highest BCUT2D eigenvalue weighted by atomic mass is 32.2. The first-order valence-corrected chi connectivity index (χ1v) is 18.8. The van der Waals surface area contributed by atoms with Crippen molar-refractivity contribution in [2.75, 3.05) is 25.6 Å². The van der Waals surface area contributed by atoms with Crippen LogP contribution in [0.2, 0.25) is 0 Å². The fourth-order valence-corrected chi connectivity index (χ4v) is 9.93. The first-order chi connectivity index (χ1) is 24.4. The molecule has 4 aromatic carbocycles. The molecule has 0 bridgehead atoms. The smallest absolute Gasteiger partial charge is 0.354 e. The molecule has 0 saturated carbocycles. The van der Waals surface area contributed by atoms with Crippen LogP contribution in [0.4, 0.5) is 10.5 Å². The van der Waals surface area contributed by atoms with E-state index < -0.39 is 21.5 Å². The maximum absolute atomic E-state index is 16.0. The molecule has 3 atom stereocenters. The quantitative estimate of drug-likeness (QED) is 0.156. The molecule has 2 amide bonds. The van der Waals surface area contributed by atoms with Crippen LogP contribution >= 0.6 is 0 Å². The zero-order chi connectivity index (χ0) is 34.3. The number of carbonyl (C=O) groups is 1. The summed E-state index contributed by atoms with van der Waals surface area (Å²) in [5, 5.41) is 7.76. The van der Waals surface area contributed by atoms with Crippen molar-refractivity contribution in [2.24, 2.45) is 4.36 Å². The number of urea groups is 1. The zero-order valence-corrected chi connectivity index (χ0v) is 29.1. The number of carbonyl (C=O) groups excluding carboxylic acids is 1. The Balaban J connectivity index is 1.33. The predicted octanol–water partition coefficient (Wildman–Crippen LogP) is 7.56. The monoisotopic (exact) mass is 687 g/mol. The molecule has 0 radical (unpaired) electrons. The largest absolute Gasteiger partial charge is 0.475 e. The Labute approximate surface area is 293 Å². The van der Waals surface area contributed by atoms with Crippen LogP contribution in [-0.2, 0) is 39.5 Å². The van der Waals surface area contributed by atoms with E-state index in [0.29, 0.717) is 19.1 Å². The molecule has 5 aromatic rings. The number of hydrogen-bond donors (Lipinski definition) is 2. The molecule has 9 nitrogen and oxygen atoms in total. The Kier molecular flexibility index (Phi) is 8.54. The van der Waals surface area contributed by atoms with Crippen molar-refractivity contribution in [3.63, 3.8) is 0 Å². The van der Waals surface area contributed by atoms with Crippen LogP contribution in [0.25, 0.3) is 0 Å². The summed E-state index contributed by atoms with van der Waals surface area (Å²) in [5.41, 5.74) is 6.88. The average molecular weight is 688 g/mol. The second-order valence-electron chi connectivity index (χ2n) is 13.4. The summed E-state index contributed by atoms with van der Waals surface area (Å²) < 4.78 is 37.6. The third kappa shape index (κ3) is 5.52.